The average molecular weight is 389 g/mol. The van der Waals surface area contributed by atoms with Crippen LogP contribution in [0.1, 0.15) is 12.8 Å². The van der Waals surface area contributed by atoms with E-state index in [1.165, 1.54) is 0 Å². The number of H-pyrrole nitrogens is 2. The molecule has 0 radical (unpaired) electrons. The van der Waals surface area contributed by atoms with Crippen LogP contribution >= 0.6 is 0 Å². The van der Waals surface area contributed by atoms with Gasteiger partial charge in [0.1, 0.15) is 0 Å². The van der Waals surface area contributed by atoms with Crippen LogP contribution in [0.3, 0.4) is 0 Å². The van der Waals surface area contributed by atoms with Gasteiger partial charge in [-0.1, -0.05) is 30.3 Å². The lowest BCUT2D eigenvalue weighted by atomic mass is 10.2. The summed E-state index contributed by atoms with van der Waals surface area (Å²) in [7, 11) is 0. The number of imidazole rings is 2. The second-order valence-corrected chi connectivity index (χ2v) is 7.48. The van der Waals surface area contributed by atoms with Crippen molar-refractivity contribution in [1.82, 2.24) is 24.0 Å². The Labute approximate surface area is 166 Å². The molecule has 0 fully saturated rings. The fourth-order valence-corrected chi connectivity index (χ4v) is 4.23. The minimum absolute atomic E-state index is 0.0502. The molecule has 0 spiro atoms. The Morgan fingerprint density at radius 2 is 1.52 bits per heavy atom. The standard InChI is InChI=1S/C22H23N5O2/c28-21-23-17-6-1-3-8-19(17)26(21)13-5-12-25-14-10-16(11-15-25)27-20-9-4-2-7-18(20)24-22(27)29/h1-4,6-10H,5,11-15H2,(H,23,28)(H,24,29). The molecule has 5 rings (SSSR count). The van der Waals surface area contributed by atoms with Gasteiger partial charge in [-0.15, -0.1) is 0 Å². The van der Waals surface area contributed by atoms with Crippen LogP contribution in [0.25, 0.3) is 27.8 Å². The molecule has 0 unspecified atom stereocenters. The van der Waals surface area contributed by atoms with E-state index in [9.17, 15) is 9.59 Å². The zero-order valence-corrected chi connectivity index (χ0v) is 16.1. The summed E-state index contributed by atoms with van der Waals surface area (Å²) in [6, 6.07) is 15.6. The van der Waals surface area contributed by atoms with Crippen molar-refractivity contribution in [2.45, 2.75) is 19.4 Å². The van der Waals surface area contributed by atoms with E-state index in [0.29, 0.717) is 6.54 Å². The molecule has 148 valence electrons. The summed E-state index contributed by atoms with van der Waals surface area (Å²) in [5.74, 6) is 0. The molecule has 0 bridgehead atoms. The first-order chi connectivity index (χ1) is 14.2. The zero-order chi connectivity index (χ0) is 19.8. The van der Waals surface area contributed by atoms with Crippen LogP contribution in [0.2, 0.25) is 0 Å². The lowest BCUT2D eigenvalue weighted by Crippen LogP contribution is -2.32. The summed E-state index contributed by atoms with van der Waals surface area (Å²) >= 11 is 0. The van der Waals surface area contributed by atoms with Crippen LogP contribution < -0.4 is 11.4 Å². The van der Waals surface area contributed by atoms with Gasteiger partial charge < -0.3 is 9.97 Å². The number of nitrogens with one attached hydrogen (secondary N) is 2. The molecule has 4 aromatic rings. The van der Waals surface area contributed by atoms with Crippen molar-refractivity contribution in [1.29, 1.82) is 0 Å². The molecule has 2 aromatic carbocycles. The molecule has 2 N–H and O–H groups in total. The molecular formula is C22H23N5O2. The third kappa shape index (κ3) is 3.23. The predicted octanol–water partition coefficient (Wildman–Crippen LogP) is 2.61. The van der Waals surface area contributed by atoms with Crippen molar-refractivity contribution in [2.24, 2.45) is 0 Å². The summed E-state index contributed by atoms with van der Waals surface area (Å²) in [5.41, 5.74) is 4.55. The average Bonchev–Trinajstić information content (AvgIpc) is 3.24. The van der Waals surface area contributed by atoms with Gasteiger partial charge in [-0.3, -0.25) is 14.0 Å². The van der Waals surface area contributed by atoms with E-state index >= 15 is 0 Å². The number of fused-ring (bicyclic) bond motifs is 2. The Bertz CT molecular complexity index is 1320. The SMILES string of the molecule is O=c1[nH]c2ccccc2n1CCCN1CC=C(n2c(=O)[nH]c3ccccc32)CC1. The topological polar surface area (TPSA) is 78.8 Å². The molecule has 7 nitrogen and oxygen atoms in total. The predicted molar refractivity (Wildman–Crippen MR) is 115 cm³/mol. The first-order valence-corrected chi connectivity index (χ1v) is 10.00. The highest BCUT2D eigenvalue weighted by Crippen LogP contribution is 2.20. The van der Waals surface area contributed by atoms with E-state index < -0.39 is 0 Å². The quantitative estimate of drug-likeness (QED) is 0.551. The smallest absolute Gasteiger partial charge is 0.306 e. The van der Waals surface area contributed by atoms with Crippen LogP contribution in [0, 0.1) is 0 Å². The Morgan fingerprint density at radius 3 is 2.28 bits per heavy atom. The van der Waals surface area contributed by atoms with Crippen molar-refractivity contribution in [3.05, 3.63) is 75.6 Å². The van der Waals surface area contributed by atoms with Gasteiger partial charge in [-0.05, 0) is 30.7 Å². The summed E-state index contributed by atoms with van der Waals surface area (Å²) in [6.07, 6.45) is 3.87. The number of aromatic nitrogens is 4. The van der Waals surface area contributed by atoms with Crippen molar-refractivity contribution < 1.29 is 0 Å². The molecule has 1 aliphatic heterocycles. The largest absolute Gasteiger partial charge is 0.330 e. The maximum absolute atomic E-state index is 12.4. The molecule has 2 aromatic heterocycles. The van der Waals surface area contributed by atoms with Gasteiger partial charge in [0.2, 0.25) is 0 Å². The number of aryl methyl sites for hydroxylation is 1. The summed E-state index contributed by atoms with van der Waals surface area (Å²) in [5, 5.41) is 0. The van der Waals surface area contributed by atoms with Crippen LogP contribution in [0.15, 0.2) is 64.2 Å². The van der Waals surface area contributed by atoms with Crippen LogP contribution in [-0.4, -0.2) is 43.6 Å². The lowest BCUT2D eigenvalue weighted by molar-refractivity contribution is 0.289. The van der Waals surface area contributed by atoms with E-state index in [4.69, 9.17) is 0 Å². The van der Waals surface area contributed by atoms with Crippen LogP contribution in [0.5, 0.6) is 0 Å². The van der Waals surface area contributed by atoms with Gasteiger partial charge in [0.25, 0.3) is 0 Å². The summed E-state index contributed by atoms with van der Waals surface area (Å²) < 4.78 is 3.60. The van der Waals surface area contributed by atoms with Crippen LogP contribution in [0.4, 0.5) is 0 Å². The maximum Gasteiger partial charge on any atom is 0.330 e. The number of para-hydroxylation sites is 4. The highest BCUT2D eigenvalue weighted by atomic mass is 16.1. The van der Waals surface area contributed by atoms with Crippen molar-refractivity contribution in [3.8, 4) is 0 Å². The van der Waals surface area contributed by atoms with E-state index in [0.717, 1.165) is 60.2 Å². The molecule has 7 heteroatoms. The first-order valence-electron chi connectivity index (χ1n) is 10.00. The monoisotopic (exact) mass is 389 g/mol. The Hall–Kier alpha value is -3.32. The third-order valence-electron chi connectivity index (χ3n) is 5.68. The molecule has 0 amide bonds. The fourth-order valence-electron chi connectivity index (χ4n) is 4.23. The van der Waals surface area contributed by atoms with E-state index in [1.807, 2.05) is 53.1 Å². The van der Waals surface area contributed by atoms with Crippen molar-refractivity contribution in [2.75, 3.05) is 19.6 Å². The van der Waals surface area contributed by atoms with Gasteiger partial charge in [-0.2, -0.15) is 0 Å². The highest BCUT2D eigenvalue weighted by molar-refractivity contribution is 5.79. The Kier molecular flexibility index (Phi) is 4.44. The second-order valence-electron chi connectivity index (χ2n) is 7.48. The first kappa shape index (κ1) is 17.8. The van der Waals surface area contributed by atoms with Gasteiger partial charge >= 0.3 is 11.4 Å². The Morgan fingerprint density at radius 1 is 0.828 bits per heavy atom. The number of nitrogens with zero attached hydrogens (tertiary/aromatic N) is 3. The fraction of sp³-hybridized carbons (Fsp3) is 0.273. The van der Waals surface area contributed by atoms with Crippen LogP contribution in [-0.2, 0) is 6.54 Å². The minimum atomic E-state index is -0.0791. The summed E-state index contributed by atoms with van der Waals surface area (Å²) in [6.45, 7) is 3.32. The molecule has 0 saturated heterocycles. The minimum Gasteiger partial charge on any atom is -0.306 e. The molecule has 0 aliphatic carbocycles. The number of aromatic amines is 2. The number of hydrogen-bond donors (Lipinski definition) is 2. The van der Waals surface area contributed by atoms with Gasteiger partial charge in [-0.25, -0.2) is 9.59 Å². The van der Waals surface area contributed by atoms with E-state index in [2.05, 4.69) is 20.9 Å². The number of rotatable bonds is 5. The van der Waals surface area contributed by atoms with Crippen molar-refractivity contribution >= 4 is 27.8 Å². The molecule has 29 heavy (non-hydrogen) atoms. The molecule has 1 aliphatic rings. The maximum atomic E-state index is 12.4. The van der Waals surface area contributed by atoms with Gasteiger partial charge in [0.15, 0.2) is 0 Å². The van der Waals surface area contributed by atoms with E-state index in [-0.39, 0.29) is 11.4 Å². The number of hydrogen-bond acceptors (Lipinski definition) is 3. The molecule has 0 saturated carbocycles. The van der Waals surface area contributed by atoms with Gasteiger partial charge in [0.05, 0.1) is 22.1 Å². The summed E-state index contributed by atoms with van der Waals surface area (Å²) in [4.78, 5) is 32.8. The third-order valence-corrected chi connectivity index (χ3v) is 5.68. The molecule has 0 atom stereocenters. The normalized spacial score (nSPS) is 15.2. The molecular weight excluding hydrogens is 366 g/mol. The Balaban J connectivity index is 1.25. The molecule has 3 heterocycles. The van der Waals surface area contributed by atoms with Crippen molar-refractivity contribution in [3.63, 3.8) is 0 Å². The van der Waals surface area contributed by atoms with Gasteiger partial charge in [0, 0.05) is 38.3 Å². The highest BCUT2D eigenvalue weighted by Gasteiger charge is 2.16. The lowest BCUT2D eigenvalue weighted by Gasteiger charge is -2.26. The zero-order valence-electron chi connectivity index (χ0n) is 16.1. The number of benzene rings is 2. The second kappa shape index (κ2) is 7.25. The van der Waals surface area contributed by atoms with E-state index in [1.54, 1.807) is 4.57 Å².